The summed E-state index contributed by atoms with van der Waals surface area (Å²) < 4.78 is 40.8. The van der Waals surface area contributed by atoms with Crippen molar-refractivity contribution in [2.24, 2.45) is 0 Å². The van der Waals surface area contributed by atoms with Crippen LogP contribution < -0.4 is 15.4 Å². The number of ether oxygens (including phenoxy) is 1. The summed E-state index contributed by atoms with van der Waals surface area (Å²) in [6.45, 7) is 1.52. The van der Waals surface area contributed by atoms with Crippen molar-refractivity contribution < 1.29 is 22.7 Å². The first-order valence-corrected chi connectivity index (χ1v) is 7.45. The zero-order valence-electron chi connectivity index (χ0n) is 12.8. The fourth-order valence-corrected chi connectivity index (χ4v) is 2.65. The van der Waals surface area contributed by atoms with Gasteiger partial charge in [0.05, 0.1) is 5.69 Å². The Morgan fingerprint density at radius 1 is 1.39 bits per heavy atom. The van der Waals surface area contributed by atoms with Crippen molar-refractivity contribution in [3.63, 3.8) is 0 Å². The van der Waals surface area contributed by atoms with Crippen LogP contribution in [0.25, 0.3) is 0 Å². The number of benzene rings is 1. The number of rotatable bonds is 5. The Bertz CT molecular complexity index is 537. The molecule has 23 heavy (non-hydrogen) atoms. The minimum atomic E-state index is -4.80. The maximum atomic E-state index is 12.3. The van der Waals surface area contributed by atoms with Gasteiger partial charge in [0.2, 0.25) is 0 Å². The number of amides is 2. The SMILES string of the molecule is CN1CCC[C@@H]1CCNC(=O)Nc1ccccc1OC(F)(F)F. The molecule has 1 saturated heterocycles. The van der Waals surface area contributed by atoms with Crippen LogP contribution in [0.1, 0.15) is 19.3 Å². The largest absolute Gasteiger partial charge is 0.573 e. The average molecular weight is 331 g/mol. The van der Waals surface area contributed by atoms with Gasteiger partial charge in [-0.3, -0.25) is 0 Å². The topological polar surface area (TPSA) is 53.6 Å². The summed E-state index contributed by atoms with van der Waals surface area (Å²) in [6, 6.07) is 5.31. The Morgan fingerprint density at radius 2 is 2.13 bits per heavy atom. The number of alkyl halides is 3. The van der Waals surface area contributed by atoms with E-state index in [-0.39, 0.29) is 5.69 Å². The van der Waals surface area contributed by atoms with Crippen molar-refractivity contribution in [2.75, 3.05) is 25.5 Å². The molecule has 5 nitrogen and oxygen atoms in total. The fraction of sp³-hybridized carbons (Fsp3) is 0.533. The van der Waals surface area contributed by atoms with Gasteiger partial charge in [0, 0.05) is 12.6 Å². The first-order valence-electron chi connectivity index (χ1n) is 7.45. The second-order valence-corrected chi connectivity index (χ2v) is 5.49. The van der Waals surface area contributed by atoms with E-state index >= 15 is 0 Å². The Balaban J connectivity index is 1.83. The first kappa shape index (κ1) is 17.4. The Morgan fingerprint density at radius 3 is 2.78 bits per heavy atom. The van der Waals surface area contributed by atoms with Gasteiger partial charge in [0.15, 0.2) is 5.75 Å². The highest BCUT2D eigenvalue weighted by molar-refractivity contribution is 5.90. The van der Waals surface area contributed by atoms with Gasteiger partial charge in [-0.05, 0) is 45.0 Å². The van der Waals surface area contributed by atoms with Gasteiger partial charge >= 0.3 is 12.4 Å². The Hall–Kier alpha value is -1.96. The molecule has 8 heteroatoms. The lowest BCUT2D eigenvalue weighted by Crippen LogP contribution is -2.34. The lowest BCUT2D eigenvalue weighted by molar-refractivity contribution is -0.274. The van der Waals surface area contributed by atoms with Gasteiger partial charge in [0.25, 0.3) is 0 Å². The predicted octanol–water partition coefficient (Wildman–Crippen LogP) is 3.19. The van der Waals surface area contributed by atoms with Gasteiger partial charge < -0.3 is 20.3 Å². The highest BCUT2D eigenvalue weighted by Crippen LogP contribution is 2.29. The molecular formula is C15H20F3N3O2. The smallest absolute Gasteiger partial charge is 0.404 e. The number of halogens is 3. The molecule has 1 heterocycles. The molecular weight excluding hydrogens is 311 g/mol. The van der Waals surface area contributed by atoms with E-state index in [1.54, 1.807) is 0 Å². The second kappa shape index (κ2) is 7.54. The molecule has 128 valence electrons. The number of hydrogen-bond acceptors (Lipinski definition) is 3. The molecule has 1 fully saturated rings. The lowest BCUT2D eigenvalue weighted by atomic mass is 10.1. The van der Waals surface area contributed by atoms with Gasteiger partial charge in [0.1, 0.15) is 0 Å². The van der Waals surface area contributed by atoms with Crippen LogP contribution in [0.3, 0.4) is 0 Å². The normalized spacial score (nSPS) is 18.7. The van der Waals surface area contributed by atoms with Gasteiger partial charge in [-0.15, -0.1) is 13.2 Å². The molecule has 1 aliphatic rings. The molecule has 0 radical (unpaired) electrons. The van der Waals surface area contributed by atoms with Crippen LogP contribution >= 0.6 is 0 Å². The van der Waals surface area contributed by atoms with Crippen LogP contribution in [0.5, 0.6) is 5.75 Å². The molecule has 1 atom stereocenters. The van der Waals surface area contributed by atoms with E-state index in [0.717, 1.165) is 31.9 Å². The van der Waals surface area contributed by atoms with Crippen molar-refractivity contribution in [1.82, 2.24) is 10.2 Å². The highest BCUT2D eigenvalue weighted by Gasteiger charge is 2.32. The standard InChI is InChI=1S/C15H20F3N3O2/c1-21-10-4-5-11(21)8-9-19-14(22)20-12-6-2-3-7-13(12)23-15(16,17)18/h2-3,6-7,11H,4-5,8-10H2,1H3,(H2,19,20,22)/t11-/m1/s1. The minimum absolute atomic E-state index is 0.0275. The number of carbonyl (C=O) groups is 1. The minimum Gasteiger partial charge on any atom is -0.404 e. The van der Waals surface area contributed by atoms with Crippen molar-refractivity contribution in [2.45, 2.75) is 31.7 Å². The average Bonchev–Trinajstić information content (AvgIpc) is 2.85. The molecule has 0 unspecified atom stereocenters. The number of anilines is 1. The number of nitrogens with zero attached hydrogens (tertiary/aromatic N) is 1. The van der Waals surface area contributed by atoms with Crippen LogP contribution in [0, 0.1) is 0 Å². The van der Waals surface area contributed by atoms with Crippen LogP contribution in [0.15, 0.2) is 24.3 Å². The maximum absolute atomic E-state index is 12.3. The third-order valence-corrected chi connectivity index (χ3v) is 3.80. The van der Waals surface area contributed by atoms with E-state index in [0.29, 0.717) is 12.6 Å². The van der Waals surface area contributed by atoms with E-state index in [2.05, 4.69) is 20.3 Å². The monoisotopic (exact) mass is 331 g/mol. The van der Waals surface area contributed by atoms with Crippen molar-refractivity contribution in [3.05, 3.63) is 24.3 Å². The molecule has 0 spiro atoms. The van der Waals surface area contributed by atoms with Gasteiger partial charge in [-0.25, -0.2) is 4.79 Å². The van der Waals surface area contributed by atoms with Crippen molar-refractivity contribution >= 4 is 11.7 Å². The number of para-hydroxylation sites is 2. The van der Waals surface area contributed by atoms with E-state index in [9.17, 15) is 18.0 Å². The summed E-state index contributed by atoms with van der Waals surface area (Å²) in [5, 5.41) is 5.04. The Kier molecular flexibility index (Phi) is 5.70. The summed E-state index contributed by atoms with van der Waals surface area (Å²) in [4.78, 5) is 14.1. The second-order valence-electron chi connectivity index (χ2n) is 5.49. The number of carbonyl (C=O) groups excluding carboxylic acids is 1. The molecule has 0 bridgehead atoms. The number of nitrogens with one attached hydrogen (secondary N) is 2. The highest BCUT2D eigenvalue weighted by atomic mass is 19.4. The zero-order valence-corrected chi connectivity index (χ0v) is 12.8. The quantitative estimate of drug-likeness (QED) is 0.871. The van der Waals surface area contributed by atoms with Crippen molar-refractivity contribution in [3.8, 4) is 5.75 Å². The van der Waals surface area contributed by atoms with Crippen LogP contribution in [0.4, 0.5) is 23.7 Å². The van der Waals surface area contributed by atoms with Crippen molar-refractivity contribution in [1.29, 1.82) is 0 Å². The summed E-state index contributed by atoms with van der Waals surface area (Å²) in [7, 11) is 2.04. The van der Waals surface area contributed by atoms with Crippen LogP contribution in [-0.4, -0.2) is 43.5 Å². The van der Waals surface area contributed by atoms with E-state index in [1.165, 1.54) is 18.2 Å². The van der Waals surface area contributed by atoms with Gasteiger partial charge in [-0.1, -0.05) is 12.1 Å². The van der Waals surface area contributed by atoms with Crippen LogP contribution in [0.2, 0.25) is 0 Å². The summed E-state index contributed by atoms with van der Waals surface area (Å²) in [6.07, 6.45) is -1.75. The Labute approximate surface area is 132 Å². The third kappa shape index (κ3) is 5.63. The fourth-order valence-electron chi connectivity index (χ4n) is 2.65. The number of likely N-dealkylation sites (tertiary alicyclic amines) is 1. The predicted molar refractivity (Wildman–Crippen MR) is 80.4 cm³/mol. The number of urea groups is 1. The van der Waals surface area contributed by atoms with E-state index in [4.69, 9.17) is 0 Å². The molecule has 2 rings (SSSR count). The number of hydrogen-bond donors (Lipinski definition) is 2. The zero-order chi connectivity index (χ0) is 16.9. The molecule has 2 N–H and O–H groups in total. The first-order chi connectivity index (χ1) is 10.8. The third-order valence-electron chi connectivity index (χ3n) is 3.80. The summed E-state index contributed by atoms with van der Waals surface area (Å²) in [5.41, 5.74) is -0.0275. The molecule has 1 aromatic carbocycles. The molecule has 2 amide bonds. The summed E-state index contributed by atoms with van der Waals surface area (Å²) in [5.74, 6) is -0.439. The maximum Gasteiger partial charge on any atom is 0.573 e. The molecule has 1 aliphatic heterocycles. The lowest BCUT2D eigenvalue weighted by Gasteiger charge is -2.19. The summed E-state index contributed by atoms with van der Waals surface area (Å²) >= 11 is 0. The molecule has 1 aromatic rings. The molecule has 0 aromatic heterocycles. The van der Waals surface area contributed by atoms with E-state index < -0.39 is 18.1 Å². The molecule has 0 aliphatic carbocycles. The molecule has 0 saturated carbocycles. The van der Waals surface area contributed by atoms with Gasteiger partial charge in [-0.2, -0.15) is 0 Å². The van der Waals surface area contributed by atoms with Crippen LogP contribution in [-0.2, 0) is 0 Å². The van der Waals surface area contributed by atoms with E-state index in [1.807, 2.05) is 7.05 Å².